The summed E-state index contributed by atoms with van der Waals surface area (Å²) >= 11 is 0. The molecule has 0 aromatic heterocycles. The molecule has 0 radical (unpaired) electrons. The molecule has 4 nitrogen and oxygen atoms in total. The lowest BCUT2D eigenvalue weighted by Gasteiger charge is -2.09. The van der Waals surface area contributed by atoms with Gasteiger partial charge < -0.3 is 15.5 Å². The molecular formula is C16H25N3O. The van der Waals surface area contributed by atoms with Crippen LogP contribution in [0.2, 0.25) is 0 Å². The number of hydrogen-bond acceptors (Lipinski definition) is 3. The van der Waals surface area contributed by atoms with Crippen LogP contribution in [-0.4, -0.2) is 44.5 Å². The number of amides is 1. The van der Waals surface area contributed by atoms with Gasteiger partial charge in [-0.2, -0.15) is 0 Å². The molecule has 1 aromatic rings. The molecule has 1 aliphatic heterocycles. The summed E-state index contributed by atoms with van der Waals surface area (Å²) < 4.78 is 0. The van der Waals surface area contributed by atoms with Crippen LogP contribution in [0.25, 0.3) is 0 Å². The van der Waals surface area contributed by atoms with E-state index in [0.717, 1.165) is 18.2 Å². The van der Waals surface area contributed by atoms with E-state index in [9.17, 15) is 4.79 Å². The number of anilines is 1. The number of nitrogens with zero attached hydrogens (tertiary/aromatic N) is 1. The second kappa shape index (κ2) is 8.02. The fourth-order valence-electron chi connectivity index (χ4n) is 2.32. The summed E-state index contributed by atoms with van der Waals surface area (Å²) in [6.07, 6.45) is 4.64. The fourth-order valence-corrected chi connectivity index (χ4v) is 2.32. The highest BCUT2D eigenvalue weighted by molar-refractivity contribution is 5.71. The smallest absolute Gasteiger partial charge is 0.211 e. The van der Waals surface area contributed by atoms with Crippen LogP contribution in [0.3, 0.4) is 0 Å². The molecule has 110 valence electrons. The zero-order valence-corrected chi connectivity index (χ0v) is 12.3. The van der Waals surface area contributed by atoms with Gasteiger partial charge in [0, 0.05) is 18.8 Å². The molecular weight excluding hydrogens is 250 g/mol. The Labute approximate surface area is 121 Å². The molecule has 1 amide bonds. The lowest BCUT2D eigenvalue weighted by atomic mass is 10.1. The number of hydrogen-bond donors (Lipinski definition) is 2. The van der Waals surface area contributed by atoms with Gasteiger partial charge in [-0.15, -0.1) is 0 Å². The Hall–Kier alpha value is -1.39. The predicted molar refractivity (Wildman–Crippen MR) is 83.1 cm³/mol. The molecule has 20 heavy (non-hydrogen) atoms. The minimum Gasteiger partial charge on any atom is -0.329 e. The first kappa shape index (κ1) is 15.0. The van der Waals surface area contributed by atoms with Crippen LogP contribution in [0, 0.1) is 0 Å². The van der Waals surface area contributed by atoms with E-state index in [-0.39, 0.29) is 0 Å². The highest BCUT2D eigenvalue weighted by atomic mass is 16.1. The molecule has 1 saturated heterocycles. The van der Waals surface area contributed by atoms with Crippen LogP contribution < -0.4 is 10.6 Å². The van der Waals surface area contributed by atoms with Gasteiger partial charge in [-0.25, -0.2) is 0 Å². The van der Waals surface area contributed by atoms with Crippen LogP contribution in [0.15, 0.2) is 24.3 Å². The molecule has 0 unspecified atom stereocenters. The molecule has 2 fully saturated rings. The van der Waals surface area contributed by atoms with Crippen LogP contribution in [0.5, 0.6) is 0 Å². The zero-order valence-electron chi connectivity index (χ0n) is 12.3. The molecule has 2 aliphatic rings. The predicted octanol–water partition coefficient (Wildman–Crippen LogP) is 2.04. The van der Waals surface area contributed by atoms with Crippen LogP contribution >= 0.6 is 0 Å². The summed E-state index contributed by atoms with van der Waals surface area (Å²) in [6.45, 7) is 4.83. The Bertz CT molecular complexity index is 393. The summed E-state index contributed by atoms with van der Waals surface area (Å²) in [7, 11) is 2.17. The molecule has 3 rings (SSSR count). The number of carbonyl (C=O) groups is 1. The molecule has 2 N–H and O–H groups in total. The lowest BCUT2D eigenvalue weighted by Crippen LogP contribution is -2.23. The molecule has 0 bridgehead atoms. The van der Waals surface area contributed by atoms with Crippen molar-refractivity contribution in [3.05, 3.63) is 29.8 Å². The largest absolute Gasteiger partial charge is 0.329 e. The average Bonchev–Trinajstić information content (AvgIpc) is 3.29. The maximum Gasteiger partial charge on any atom is 0.211 e. The maximum absolute atomic E-state index is 10.1. The molecule has 0 atom stereocenters. The summed E-state index contributed by atoms with van der Waals surface area (Å²) in [4.78, 5) is 12.5. The number of benzene rings is 1. The van der Waals surface area contributed by atoms with E-state index in [1.165, 1.54) is 44.5 Å². The molecule has 1 aromatic carbocycles. The van der Waals surface area contributed by atoms with Gasteiger partial charge in [0.15, 0.2) is 0 Å². The normalized spacial score (nSPS) is 19.4. The van der Waals surface area contributed by atoms with Crippen molar-refractivity contribution in [1.82, 2.24) is 10.2 Å². The van der Waals surface area contributed by atoms with Crippen LogP contribution in [-0.2, 0) is 4.79 Å². The Kier molecular flexibility index (Phi) is 6.02. The van der Waals surface area contributed by atoms with Crippen molar-refractivity contribution < 1.29 is 4.79 Å². The Balaban J connectivity index is 0.000000160. The molecule has 1 saturated carbocycles. The van der Waals surface area contributed by atoms with E-state index < -0.39 is 0 Å². The van der Waals surface area contributed by atoms with Crippen molar-refractivity contribution in [2.75, 3.05) is 38.5 Å². The number of nitrogens with one attached hydrogen (secondary N) is 2. The van der Waals surface area contributed by atoms with Crippen LogP contribution in [0.1, 0.15) is 30.7 Å². The van der Waals surface area contributed by atoms with Crippen molar-refractivity contribution in [3.8, 4) is 0 Å². The van der Waals surface area contributed by atoms with E-state index in [4.69, 9.17) is 0 Å². The molecule has 1 aliphatic carbocycles. The van der Waals surface area contributed by atoms with Crippen molar-refractivity contribution in [2.45, 2.75) is 25.2 Å². The third kappa shape index (κ3) is 5.31. The van der Waals surface area contributed by atoms with Crippen molar-refractivity contribution in [2.24, 2.45) is 0 Å². The van der Waals surface area contributed by atoms with Crippen molar-refractivity contribution in [3.63, 3.8) is 0 Å². The SMILES string of the molecule is CN1CCCNCC1.O=CNc1ccc(C2CC2)cc1. The van der Waals surface area contributed by atoms with Gasteiger partial charge in [-0.1, -0.05) is 12.1 Å². The van der Waals surface area contributed by atoms with Gasteiger partial charge in [0.25, 0.3) is 0 Å². The number of likely N-dealkylation sites (N-methyl/N-ethyl adjacent to an activating group) is 1. The quantitative estimate of drug-likeness (QED) is 0.830. The summed E-state index contributed by atoms with van der Waals surface area (Å²) in [6, 6.07) is 8.07. The fraction of sp³-hybridized carbons (Fsp3) is 0.562. The molecule has 1 heterocycles. The van der Waals surface area contributed by atoms with Gasteiger partial charge in [0.05, 0.1) is 0 Å². The Morgan fingerprint density at radius 3 is 2.60 bits per heavy atom. The molecule has 4 heteroatoms. The minimum atomic E-state index is 0.701. The Morgan fingerprint density at radius 2 is 1.95 bits per heavy atom. The highest BCUT2D eigenvalue weighted by Gasteiger charge is 2.22. The van der Waals surface area contributed by atoms with Gasteiger partial charge in [-0.05, 0) is 63.0 Å². The monoisotopic (exact) mass is 275 g/mol. The standard InChI is InChI=1S/C10H11NO.C6H14N2/c12-7-11-10-5-3-9(4-6-10)8-1-2-8;1-8-5-2-3-7-4-6-8/h3-8H,1-2H2,(H,11,12);7H,2-6H2,1H3. The average molecular weight is 275 g/mol. The van der Waals surface area contributed by atoms with Crippen molar-refractivity contribution in [1.29, 1.82) is 0 Å². The zero-order chi connectivity index (χ0) is 14.2. The van der Waals surface area contributed by atoms with E-state index in [2.05, 4.69) is 34.7 Å². The second-order valence-electron chi connectivity index (χ2n) is 5.57. The number of rotatable bonds is 3. The Morgan fingerprint density at radius 1 is 1.20 bits per heavy atom. The maximum atomic E-state index is 10.1. The highest BCUT2D eigenvalue weighted by Crippen LogP contribution is 2.40. The third-order valence-electron chi connectivity index (χ3n) is 3.75. The molecule has 0 spiro atoms. The first-order valence-corrected chi connectivity index (χ1v) is 7.49. The lowest BCUT2D eigenvalue weighted by molar-refractivity contribution is -0.105. The van der Waals surface area contributed by atoms with Gasteiger partial charge in [0.2, 0.25) is 6.41 Å². The second-order valence-corrected chi connectivity index (χ2v) is 5.57. The van der Waals surface area contributed by atoms with E-state index >= 15 is 0 Å². The topological polar surface area (TPSA) is 44.4 Å². The van der Waals surface area contributed by atoms with Crippen LogP contribution in [0.4, 0.5) is 5.69 Å². The van der Waals surface area contributed by atoms with Gasteiger partial charge >= 0.3 is 0 Å². The van der Waals surface area contributed by atoms with Gasteiger partial charge in [-0.3, -0.25) is 4.79 Å². The first-order chi connectivity index (χ1) is 9.79. The summed E-state index contributed by atoms with van der Waals surface area (Å²) in [5, 5.41) is 5.95. The van der Waals surface area contributed by atoms with E-state index in [1.54, 1.807) is 0 Å². The summed E-state index contributed by atoms with van der Waals surface area (Å²) in [5.41, 5.74) is 2.26. The minimum absolute atomic E-state index is 0.701. The summed E-state index contributed by atoms with van der Waals surface area (Å²) in [5.74, 6) is 0.787. The number of carbonyl (C=O) groups excluding carboxylic acids is 1. The van der Waals surface area contributed by atoms with E-state index in [0.29, 0.717) is 6.41 Å². The third-order valence-corrected chi connectivity index (χ3v) is 3.75. The van der Waals surface area contributed by atoms with Gasteiger partial charge in [0.1, 0.15) is 0 Å². The van der Waals surface area contributed by atoms with E-state index in [1.807, 2.05) is 12.1 Å². The van der Waals surface area contributed by atoms with Crippen molar-refractivity contribution >= 4 is 12.1 Å². The first-order valence-electron chi connectivity index (χ1n) is 7.49.